The third-order valence-electron chi connectivity index (χ3n) is 2.37. The summed E-state index contributed by atoms with van der Waals surface area (Å²) >= 11 is 0. The highest BCUT2D eigenvalue weighted by Gasteiger charge is 2.20. The van der Waals surface area contributed by atoms with Gasteiger partial charge in [-0.3, -0.25) is 0 Å². The lowest BCUT2D eigenvalue weighted by atomic mass is 10.0. The smallest absolute Gasteiger partial charge is 0.0991 e. The highest BCUT2D eigenvalue weighted by atomic mass is 16.3. The lowest BCUT2D eigenvalue weighted by Gasteiger charge is -2.07. The fraction of sp³-hybridized carbons (Fsp3) is 0.300. The van der Waals surface area contributed by atoms with Gasteiger partial charge in [0.15, 0.2) is 0 Å². The van der Waals surface area contributed by atoms with E-state index in [9.17, 15) is 0 Å². The second kappa shape index (κ2) is 3.17. The van der Waals surface area contributed by atoms with Crippen molar-refractivity contribution in [2.45, 2.75) is 12.6 Å². The van der Waals surface area contributed by atoms with Gasteiger partial charge in [-0.2, -0.15) is 5.26 Å². The van der Waals surface area contributed by atoms with Gasteiger partial charge in [-0.05, 0) is 23.3 Å². The molecule has 0 bridgehead atoms. The first-order valence-corrected chi connectivity index (χ1v) is 4.22. The van der Waals surface area contributed by atoms with Gasteiger partial charge in [-0.25, -0.2) is 0 Å². The molecule has 2 N–H and O–H groups in total. The number of fused-ring (bicyclic) bond motifs is 1. The number of nitrogens with zero attached hydrogens (tertiary/aromatic N) is 1. The van der Waals surface area contributed by atoms with E-state index in [4.69, 9.17) is 10.4 Å². The van der Waals surface area contributed by atoms with Crippen LogP contribution in [0.15, 0.2) is 18.2 Å². The normalized spacial score (nSPS) is 19.5. The quantitative estimate of drug-likeness (QED) is 0.658. The van der Waals surface area contributed by atoms with Gasteiger partial charge in [-0.1, -0.05) is 6.07 Å². The Balaban J connectivity index is 2.44. The molecule has 1 aliphatic heterocycles. The highest BCUT2D eigenvalue weighted by Crippen LogP contribution is 2.25. The lowest BCUT2D eigenvalue weighted by molar-refractivity contribution is 0.251. The average molecular weight is 174 g/mol. The van der Waals surface area contributed by atoms with Gasteiger partial charge in [0.1, 0.15) is 0 Å². The summed E-state index contributed by atoms with van der Waals surface area (Å²) in [5, 5.41) is 20.9. The number of hydrogen-bond donors (Lipinski definition) is 2. The molecule has 66 valence electrons. The fourth-order valence-electron chi connectivity index (χ4n) is 1.66. The lowest BCUT2D eigenvalue weighted by Crippen LogP contribution is -2.15. The molecule has 1 aromatic carbocycles. The fourth-order valence-corrected chi connectivity index (χ4v) is 1.66. The third kappa shape index (κ3) is 1.31. The van der Waals surface area contributed by atoms with E-state index in [1.165, 1.54) is 5.56 Å². The van der Waals surface area contributed by atoms with Crippen LogP contribution in [0.4, 0.5) is 0 Å². The summed E-state index contributed by atoms with van der Waals surface area (Å²) in [7, 11) is 0. The van der Waals surface area contributed by atoms with Crippen LogP contribution >= 0.6 is 0 Å². The van der Waals surface area contributed by atoms with Crippen LogP contribution in [0, 0.1) is 11.3 Å². The molecule has 3 heteroatoms. The van der Waals surface area contributed by atoms with Crippen molar-refractivity contribution >= 4 is 0 Å². The van der Waals surface area contributed by atoms with Gasteiger partial charge in [0.2, 0.25) is 0 Å². The topological polar surface area (TPSA) is 56.0 Å². The van der Waals surface area contributed by atoms with Crippen molar-refractivity contribution in [3.05, 3.63) is 34.9 Å². The Labute approximate surface area is 76.6 Å². The molecule has 0 amide bonds. The van der Waals surface area contributed by atoms with E-state index in [2.05, 4.69) is 11.4 Å². The van der Waals surface area contributed by atoms with Crippen molar-refractivity contribution in [3.8, 4) is 6.07 Å². The van der Waals surface area contributed by atoms with Crippen molar-refractivity contribution in [2.75, 3.05) is 6.61 Å². The SMILES string of the molecule is N#Cc1ccc2c(c1)[C@H](CO)NC2. The van der Waals surface area contributed by atoms with Gasteiger partial charge < -0.3 is 10.4 Å². The number of nitriles is 1. The molecule has 3 nitrogen and oxygen atoms in total. The minimum Gasteiger partial charge on any atom is -0.394 e. The molecule has 13 heavy (non-hydrogen) atoms. The van der Waals surface area contributed by atoms with Gasteiger partial charge in [0, 0.05) is 6.54 Å². The van der Waals surface area contributed by atoms with Crippen molar-refractivity contribution in [3.63, 3.8) is 0 Å². The van der Waals surface area contributed by atoms with Crippen LogP contribution in [0.25, 0.3) is 0 Å². The number of rotatable bonds is 1. The number of aliphatic hydroxyl groups excluding tert-OH is 1. The Morgan fingerprint density at radius 3 is 3.15 bits per heavy atom. The second-order valence-corrected chi connectivity index (χ2v) is 3.14. The Hall–Kier alpha value is -1.37. The van der Waals surface area contributed by atoms with E-state index in [-0.39, 0.29) is 12.6 Å². The molecule has 0 saturated heterocycles. The van der Waals surface area contributed by atoms with E-state index in [0.717, 1.165) is 12.1 Å². The van der Waals surface area contributed by atoms with Crippen molar-refractivity contribution in [1.29, 1.82) is 5.26 Å². The molecule has 0 radical (unpaired) electrons. The Morgan fingerprint density at radius 1 is 1.62 bits per heavy atom. The zero-order chi connectivity index (χ0) is 9.26. The maximum atomic E-state index is 9.03. The Bertz CT molecular complexity index is 368. The predicted molar refractivity (Wildman–Crippen MR) is 47.8 cm³/mol. The van der Waals surface area contributed by atoms with Crippen LogP contribution in [0.2, 0.25) is 0 Å². The molecular weight excluding hydrogens is 164 g/mol. The van der Waals surface area contributed by atoms with Gasteiger partial charge >= 0.3 is 0 Å². The van der Waals surface area contributed by atoms with Crippen LogP contribution in [0.5, 0.6) is 0 Å². The van der Waals surface area contributed by atoms with Crippen LogP contribution in [-0.4, -0.2) is 11.7 Å². The van der Waals surface area contributed by atoms with Crippen LogP contribution in [0.1, 0.15) is 22.7 Å². The molecule has 1 aromatic rings. The first kappa shape index (κ1) is 8.24. The third-order valence-corrected chi connectivity index (χ3v) is 2.37. The minimum absolute atomic E-state index is 0.00306. The van der Waals surface area contributed by atoms with E-state index < -0.39 is 0 Å². The molecular formula is C10H10N2O. The molecule has 0 saturated carbocycles. The van der Waals surface area contributed by atoms with E-state index in [1.807, 2.05) is 12.1 Å². The molecule has 0 aliphatic carbocycles. The first-order valence-electron chi connectivity index (χ1n) is 4.22. The zero-order valence-electron chi connectivity index (χ0n) is 7.12. The maximum Gasteiger partial charge on any atom is 0.0991 e. The number of benzene rings is 1. The molecule has 0 spiro atoms. The highest BCUT2D eigenvalue weighted by molar-refractivity contribution is 5.42. The Kier molecular flexibility index (Phi) is 2.01. The Morgan fingerprint density at radius 2 is 2.46 bits per heavy atom. The van der Waals surface area contributed by atoms with E-state index in [0.29, 0.717) is 5.56 Å². The first-order chi connectivity index (χ1) is 6.35. The summed E-state index contributed by atoms with van der Waals surface area (Å²) in [6, 6.07) is 7.69. The summed E-state index contributed by atoms with van der Waals surface area (Å²) < 4.78 is 0. The van der Waals surface area contributed by atoms with Gasteiger partial charge in [0.05, 0.1) is 24.3 Å². The summed E-state index contributed by atoms with van der Waals surface area (Å²) in [6.45, 7) is 0.869. The summed E-state index contributed by atoms with van der Waals surface area (Å²) in [4.78, 5) is 0. The molecule has 1 aliphatic rings. The standard InChI is InChI=1S/C10H10N2O/c11-4-7-1-2-8-5-12-10(6-13)9(8)3-7/h1-3,10,12-13H,5-6H2/t10-/m0/s1. The minimum atomic E-state index is 0.00306. The summed E-state index contributed by atoms with van der Waals surface area (Å²) in [5.41, 5.74) is 2.89. The van der Waals surface area contributed by atoms with Crippen LogP contribution in [0.3, 0.4) is 0 Å². The predicted octanol–water partition coefficient (Wildman–Crippen LogP) is 0.695. The number of hydrogen-bond acceptors (Lipinski definition) is 3. The maximum absolute atomic E-state index is 9.03. The molecule has 0 unspecified atom stereocenters. The van der Waals surface area contributed by atoms with Crippen molar-refractivity contribution in [2.24, 2.45) is 0 Å². The number of nitrogens with one attached hydrogen (secondary N) is 1. The van der Waals surface area contributed by atoms with Crippen LogP contribution in [-0.2, 0) is 6.54 Å². The molecule has 1 atom stereocenters. The van der Waals surface area contributed by atoms with E-state index in [1.54, 1.807) is 6.07 Å². The molecule has 0 aromatic heterocycles. The van der Waals surface area contributed by atoms with Crippen molar-refractivity contribution < 1.29 is 5.11 Å². The van der Waals surface area contributed by atoms with E-state index >= 15 is 0 Å². The molecule has 0 fully saturated rings. The van der Waals surface area contributed by atoms with Crippen molar-refractivity contribution in [1.82, 2.24) is 5.32 Å². The molecule has 2 rings (SSSR count). The second-order valence-electron chi connectivity index (χ2n) is 3.14. The van der Waals surface area contributed by atoms with Crippen LogP contribution < -0.4 is 5.32 Å². The largest absolute Gasteiger partial charge is 0.394 e. The number of aliphatic hydroxyl groups is 1. The zero-order valence-corrected chi connectivity index (χ0v) is 7.12. The summed E-state index contributed by atoms with van der Waals surface area (Å²) in [6.07, 6.45) is 0. The molecule has 1 heterocycles. The van der Waals surface area contributed by atoms with Gasteiger partial charge in [-0.15, -0.1) is 0 Å². The summed E-state index contributed by atoms with van der Waals surface area (Å²) in [5.74, 6) is 0. The monoisotopic (exact) mass is 174 g/mol. The van der Waals surface area contributed by atoms with Gasteiger partial charge in [0.25, 0.3) is 0 Å². The average Bonchev–Trinajstić information content (AvgIpc) is 2.59.